The van der Waals surface area contributed by atoms with Crippen molar-refractivity contribution in [3.8, 4) is 28.4 Å². The van der Waals surface area contributed by atoms with E-state index in [9.17, 15) is 4.39 Å². The predicted molar refractivity (Wildman–Crippen MR) is 130 cm³/mol. The molecule has 0 amide bonds. The second kappa shape index (κ2) is 10.6. The van der Waals surface area contributed by atoms with Gasteiger partial charge in [-0.2, -0.15) is 0 Å². The molecule has 0 atom stereocenters. The van der Waals surface area contributed by atoms with Gasteiger partial charge in [-0.05, 0) is 85.1 Å². The molecule has 4 rings (SSSR count). The molecule has 3 aromatic carbocycles. The lowest BCUT2D eigenvalue weighted by Gasteiger charge is -2.36. The Morgan fingerprint density at radius 3 is 2.12 bits per heavy atom. The van der Waals surface area contributed by atoms with Crippen LogP contribution in [0.2, 0.25) is 0 Å². The van der Waals surface area contributed by atoms with Crippen molar-refractivity contribution in [2.24, 2.45) is 0 Å². The fraction of sp³-hybridized carbons (Fsp3) is 0.333. The van der Waals surface area contributed by atoms with Crippen LogP contribution in [0.3, 0.4) is 0 Å². The van der Waals surface area contributed by atoms with Gasteiger partial charge in [0.1, 0.15) is 5.82 Å². The summed E-state index contributed by atoms with van der Waals surface area (Å²) in [5.41, 5.74) is 4.28. The molecule has 33 heavy (non-hydrogen) atoms. The molecule has 0 unspecified atom stereocenters. The zero-order valence-corrected chi connectivity index (χ0v) is 19.4. The number of rotatable bonds is 8. The van der Waals surface area contributed by atoms with Gasteiger partial charge < -0.3 is 24.4 Å². The van der Waals surface area contributed by atoms with E-state index >= 15 is 0 Å². The van der Waals surface area contributed by atoms with E-state index in [-0.39, 0.29) is 5.82 Å². The highest BCUT2D eigenvalue weighted by atomic mass is 19.1. The van der Waals surface area contributed by atoms with Crippen LogP contribution < -0.4 is 24.4 Å². The second-order valence-corrected chi connectivity index (χ2v) is 8.20. The fourth-order valence-electron chi connectivity index (χ4n) is 4.48. The molecular weight excluding hydrogens is 419 g/mol. The molecule has 5 nitrogen and oxygen atoms in total. The number of piperidine rings is 1. The second-order valence-electron chi connectivity index (χ2n) is 8.20. The van der Waals surface area contributed by atoms with Crippen LogP contribution >= 0.6 is 0 Å². The molecule has 1 aliphatic rings. The maximum Gasteiger partial charge on any atom is 0.203 e. The SMILES string of the molecule is COc1cc(-c2cccc(CN(c3ccc(F)cc3)C3CCNCC3)c2)cc(OC)c1OC. The highest BCUT2D eigenvalue weighted by Gasteiger charge is 2.22. The molecule has 0 aliphatic carbocycles. The third-order valence-corrected chi connectivity index (χ3v) is 6.19. The minimum absolute atomic E-state index is 0.214. The largest absolute Gasteiger partial charge is 0.493 e. The fourth-order valence-corrected chi connectivity index (χ4v) is 4.48. The van der Waals surface area contributed by atoms with Gasteiger partial charge >= 0.3 is 0 Å². The van der Waals surface area contributed by atoms with Crippen molar-refractivity contribution in [1.29, 1.82) is 0 Å². The summed E-state index contributed by atoms with van der Waals surface area (Å²) in [7, 11) is 4.85. The molecule has 1 heterocycles. The number of methoxy groups -OCH3 is 3. The molecule has 1 saturated heterocycles. The monoisotopic (exact) mass is 450 g/mol. The first-order valence-electron chi connectivity index (χ1n) is 11.2. The van der Waals surface area contributed by atoms with Crippen LogP contribution in [-0.2, 0) is 6.54 Å². The molecule has 1 N–H and O–H groups in total. The van der Waals surface area contributed by atoms with Crippen molar-refractivity contribution < 1.29 is 18.6 Å². The highest BCUT2D eigenvalue weighted by molar-refractivity contribution is 5.71. The van der Waals surface area contributed by atoms with Crippen LogP contribution in [0, 0.1) is 5.82 Å². The summed E-state index contributed by atoms with van der Waals surface area (Å²) in [6.45, 7) is 2.73. The third-order valence-electron chi connectivity index (χ3n) is 6.19. The lowest BCUT2D eigenvalue weighted by molar-refractivity contribution is 0.324. The minimum atomic E-state index is -0.214. The molecule has 3 aromatic rings. The number of nitrogens with one attached hydrogen (secondary N) is 1. The lowest BCUT2D eigenvalue weighted by atomic mass is 9.99. The lowest BCUT2D eigenvalue weighted by Crippen LogP contribution is -2.43. The summed E-state index contributed by atoms with van der Waals surface area (Å²) >= 11 is 0. The van der Waals surface area contributed by atoms with E-state index in [1.165, 1.54) is 17.7 Å². The number of hydrogen-bond acceptors (Lipinski definition) is 5. The van der Waals surface area contributed by atoms with Crippen LogP contribution in [-0.4, -0.2) is 40.5 Å². The summed E-state index contributed by atoms with van der Waals surface area (Å²) in [4.78, 5) is 2.40. The van der Waals surface area contributed by atoms with Gasteiger partial charge in [0.25, 0.3) is 0 Å². The van der Waals surface area contributed by atoms with Crippen molar-refractivity contribution in [2.75, 3.05) is 39.3 Å². The Morgan fingerprint density at radius 1 is 0.848 bits per heavy atom. The van der Waals surface area contributed by atoms with Gasteiger partial charge in [0.05, 0.1) is 21.3 Å². The van der Waals surface area contributed by atoms with Gasteiger partial charge in [-0.1, -0.05) is 18.2 Å². The Balaban J connectivity index is 1.66. The van der Waals surface area contributed by atoms with Crippen molar-refractivity contribution >= 4 is 5.69 Å². The molecule has 0 bridgehead atoms. The molecule has 0 saturated carbocycles. The zero-order valence-electron chi connectivity index (χ0n) is 19.4. The van der Waals surface area contributed by atoms with Crippen molar-refractivity contribution in [3.05, 3.63) is 72.0 Å². The van der Waals surface area contributed by atoms with E-state index in [1.54, 1.807) is 21.3 Å². The molecule has 6 heteroatoms. The van der Waals surface area contributed by atoms with Crippen molar-refractivity contribution in [2.45, 2.75) is 25.4 Å². The number of hydrogen-bond donors (Lipinski definition) is 1. The maximum atomic E-state index is 13.6. The topological polar surface area (TPSA) is 43.0 Å². The van der Waals surface area contributed by atoms with Crippen LogP contribution in [0.15, 0.2) is 60.7 Å². The van der Waals surface area contributed by atoms with Crippen LogP contribution in [0.25, 0.3) is 11.1 Å². The van der Waals surface area contributed by atoms with Crippen molar-refractivity contribution in [1.82, 2.24) is 5.32 Å². The Kier molecular flexibility index (Phi) is 7.35. The number of anilines is 1. The van der Waals surface area contributed by atoms with Crippen LogP contribution in [0.4, 0.5) is 10.1 Å². The molecule has 0 radical (unpaired) electrons. The first-order valence-corrected chi connectivity index (χ1v) is 11.2. The normalized spacial score (nSPS) is 14.1. The van der Waals surface area contributed by atoms with Gasteiger partial charge in [-0.25, -0.2) is 4.39 Å². The molecular formula is C27H31FN2O3. The summed E-state index contributed by atoms with van der Waals surface area (Å²) < 4.78 is 30.1. The number of halogens is 1. The van der Waals surface area contributed by atoms with Gasteiger partial charge in [0, 0.05) is 18.3 Å². The number of nitrogens with zero attached hydrogens (tertiary/aromatic N) is 1. The summed E-state index contributed by atoms with van der Waals surface area (Å²) in [6, 6.07) is 19.6. The van der Waals surface area contributed by atoms with Crippen LogP contribution in [0.1, 0.15) is 18.4 Å². The number of ether oxygens (including phenoxy) is 3. The first kappa shape index (κ1) is 22.9. The summed E-state index contributed by atoms with van der Waals surface area (Å²) in [5.74, 6) is 1.61. The van der Waals surface area contributed by atoms with E-state index in [0.29, 0.717) is 23.3 Å². The molecule has 0 aromatic heterocycles. The Labute approximate surface area is 195 Å². The van der Waals surface area contributed by atoms with E-state index in [2.05, 4.69) is 34.5 Å². The van der Waals surface area contributed by atoms with E-state index in [0.717, 1.165) is 49.3 Å². The zero-order chi connectivity index (χ0) is 23.2. The summed E-state index contributed by atoms with van der Waals surface area (Å²) in [6.07, 6.45) is 2.12. The van der Waals surface area contributed by atoms with E-state index in [1.807, 2.05) is 24.3 Å². The first-order chi connectivity index (χ1) is 16.1. The van der Waals surface area contributed by atoms with Gasteiger partial charge in [-0.15, -0.1) is 0 Å². The smallest absolute Gasteiger partial charge is 0.203 e. The Bertz CT molecular complexity index is 1040. The standard InChI is InChI=1S/C27H31FN2O3/c1-31-25-16-21(17-26(32-2)27(25)33-3)20-6-4-5-19(15-20)18-30(24-11-13-29-14-12-24)23-9-7-22(28)8-10-23/h4-10,15-17,24,29H,11-14,18H2,1-3H3. The van der Waals surface area contributed by atoms with Crippen molar-refractivity contribution in [3.63, 3.8) is 0 Å². The highest BCUT2D eigenvalue weighted by Crippen LogP contribution is 2.41. The number of benzene rings is 3. The Hall–Kier alpha value is -3.25. The average Bonchev–Trinajstić information content (AvgIpc) is 2.87. The van der Waals surface area contributed by atoms with E-state index in [4.69, 9.17) is 14.2 Å². The van der Waals surface area contributed by atoms with Crippen LogP contribution in [0.5, 0.6) is 17.2 Å². The summed E-state index contributed by atoms with van der Waals surface area (Å²) in [5, 5.41) is 3.43. The Morgan fingerprint density at radius 2 is 1.52 bits per heavy atom. The average molecular weight is 451 g/mol. The molecule has 1 aliphatic heterocycles. The minimum Gasteiger partial charge on any atom is -0.493 e. The van der Waals surface area contributed by atoms with Gasteiger partial charge in [0.2, 0.25) is 5.75 Å². The molecule has 0 spiro atoms. The third kappa shape index (κ3) is 5.22. The molecule has 1 fully saturated rings. The quantitative estimate of drug-likeness (QED) is 0.506. The van der Waals surface area contributed by atoms with E-state index < -0.39 is 0 Å². The molecule has 174 valence electrons. The predicted octanol–water partition coefficient (Wildman–Crippen LogP) is 5.28. The maximum absolute atomic E-state index is 13.6. The van der Waals surface area contributed by atoms with Gasteiger partial charge in [0.15, 0.2) is 11.5 Å². The van der Waals surface area contributed by atoms with Gasteiger partial charge in [-0.3, -0.25) is 0 Å².